The summed E-state index contributed by atoms with van der Waals surface area (Å²) in [6.45, 7) is 4.40. The van der Waals surface area contributed by atoms with Gasteiger partial charge in [0.2, 0.25) is 5.91 Å². The number of para-hydroxylation sites is 1. The minimum Gasteiger partial charge on any atom is -0.365 e. The quantitative estimate of drug-likeness (QED) is 0.677. The Morgan fingerprint density at radius 1 is 1.29 bits per heavy atom. The van der Waals surface area contributed by atoms with Gasteiger partial charge in [-0.1, -0.05) is 18.2 Å². The number of hydrogen-bond acceptors (Lipinski definition) is 2. The van der Waals surface area contributed by atoms with E-state index in [2.05, 4.69) is 29.2 Å². The first-order valence-electron chi connectivity index (χ1n) is 6.36. The van der Waals surface area contributed by atoms with Crippen molar-refractivity contribution < 1.29 is 4.79 Å². The molecule has 17 heavy (non-hydrogen) atoms. The zero-order valence-corrected chi connectivity index (χ0v) is 10.2. The molecule has 0 aromatic heterocycles. The van der Waals surface area contributed by atoms with Crippen LogP contribution in [-0.2, 0) is 11.2 Å². The number of carbonyl (C=O) groups is 1. The number of fused-ring (bicyclic) bond motifs is 3. The van der Waals surface area contributed by atoms with Gasteiger partial charge in [0.15, 0.2) is 0 Å². The number of benzene rings is 1. The summed E-state index contributed by atoms with van der Waals surface area (Å²) >= 11 is 0. The van der Waals surface area contributed by atoms with Gasteiger partial charge in [-0.25, -0.2) is 0 Å². The van der Waals surface area contributed by atoms with Gasteiger partial charge >= 0.3 is 0 Å². The summed E-state index contributed by atoms with van der Waals surface area (Å²) in [6.07, 6.45) is 2.31. The van der Waals surface area contributed by atoms with Crippen LogP contribution < -0.4 is 4.90 Å². The Bertz CT molecular complexity index is 444. The molecule has 90 valence electrons. The van der Waals surface area contributed by atoms with E-state index in [1.807, 2.05) is 4.90 Å². The van der Waals surface area contributed by atoms with Crippen LogP contribution in [0.4, 0.5) is 5.69 Å². The fourth-order valence-electron chi connectivity index (χ4n) is 3.03. The SMILES string of the molecule is CC(=O)N1CCN2c3ccccc3CCC2C1. The van der Waals surface area contributed by atoms with Gasteiger partial charge in [0.25, 0.3) is 0 Å². The number of anilines is 1. The predicted octanol–water partition coefficient (Wildman–Crippen LogP) is 1.67. The Hall–Kier alpha value is -1.51. The summed E-state index contributed by atoms with van der Waals surface area (Å²) in [4.78, 5) is 15.9. The van der Waals surface area contributed by atoms with Crippen molar-refractivity contribution in [3.05, 3.63) is 29.8 Å². The van der Waals surface area contributed by atoms with Crippen molar-refractivity contribution in [2.45, 2.75) is 25.8 Å². The molecule has 1 fully saturated rings. The lowest BCUT2D eigenvalue weighted by molar-refractivity contribution is -0.129. The molecule has 0 bridgehead atoms. The fourth-order valence-corrected chi connectivity index (χ4v) is 3.03. The molecule has 0 saturated carbocycles. The average molecular weight is 230 g/mol. The molecule has 1 unspecified atom stereocenters. The molecule has 3 heteroatoms. The van der Waals surface area contributed by atoms with E-state index in [1.165, 1.54) is 17.7 Å². The molecule has 0 radical (unpaired) electrons. The predicted molar refractivity (Wildman–Crippen MR) is 68.2 cm³/mol. The molecule has 0 spiro atoms. The summed E-state index contributed by atoms with van der Waals surface area (Å²) < 4.78 is 0. The number of hydrogen-bond donors (Lipinski definition) is 0. The molecule has 3 nitrogen and oxygen atoms in total. The summed E-state index contributed by atoms with van der Waals surface area (Å²) in [5, 5.41) is 0. The average Bonchev–Trinajstić information content (AvgIpc) is 2.38. The van der Waals surface area contributed by atoms with Crippen LogP contribution in [0.3, 0.4) is 0 Å². The lowest BCUT2D eigenvalue weighted by Gasteiger charge is -2.45. The van der Waals surface area contributed by atoms with E-state index in [0.717, 1.165) is 26.1 Å². The summed E-state index contributed by atoms with van der Waals surface area (Å²) in [6, 6.07) is 9.18. The topological polar surface area (TPSA) is 23.6 Å². The smallest absolute Gasteiger partial charge is 0.219 e. The largest absolute Gasteiger partial charge is 0.365 e. The van der Waals surface area contributed by atoms with Crippen molar-refractivity contribution in [3.8, 4) is 0 Å². The standard InChI is InChI=1S/C14H18N2O/c1-11(17)15-8-9-16-13(10-15)7-6-12-4-2-3-5-14(12)16/h2-5,13H,6-10H2,1H3. The Labute approximate surface area is 102 Å². The highest BCUT2D eigenvalue weighted by atomic mass is 16.2. The molecule has 2 aliphatic heterocycles. The highest BCUT2D eigenvalue weighted by Crippen LogP contribution is 2.32. The molecule has 1 aromatic carbocycles. The second-order valence-electron chi connectivity index (χ2n) is 4.98. The van der Waals surface area contributed by atoms with Crippen molar-refractivity contribution in [2.24, 2.45) is 0 Å². The van der Waals surface area contributed by atoms with Crippen LogP contribution in [0.1, 0.15) is 18.9 Å². The zero-order chi connectivity index (χ0) is 11.8. The fraction of sp³-hybridized carbons (Fsp3) is 0.500. The van der Waals surface area contributed by atoms with Gasteiger partial charge in [-0.05, 0) is 24.5 Å². The van der Waals surface area contributed by atoms with Crippen LogP contribution in [0.2, 0.25) is 0 Å². The lowest BCUT2D eigenvalue weighted by Crippen LogP contribution is -2.56. The molecule has 1 atom stereocenters. The number of amides is 1. The first kappa shape index (κ1) is 10.6. The van der Waals surface area contributed by atoms with Gasteiger partial charge in [-0.3, -0.25) is 4.79 Å². The number of rotatable bonds is 0. The summed E-state index contributed by atoms with van der Waals surface area (Å²) in [7, 11) is 0. The van der Waals surface area contributed by atoms with Gasteiger partial charge in [-0.2, -0.15) is 0 Å². The van der Waals surface area contributed by atoms with Crippen molar-refractivity contribution in [1.82, 2.24) is 4.90 Å². The van der Waals surface area contributed by atoms with E-state index in [9.17, 15) is 4.79 Å². The Morgan fingerprint density at radius 2 is 2.12 bits per heavy atom. The molecule has 1 saturated heterocycles. The second-order valence-corrected chi connectivity index (χ2v) is 4.98. The third-order valence-electron chi connectivity index (χ3n) is 3.98. The van der Waals surface area contributed by atoms with E-state index in [4.69, 9.17) is 0 Å². The normalized spacial score (nSPS) is 23.0. The van der Waals surface area contributed by atoms with Crippen LogP contribution in [0.5, 0.6) is 0 Å². The third-order valence-corrected chi connectivity index (χ3v) is 3.98. The van der Waals surface area contributed by atoms with Gasteiger partial charge in [-0.15, -0.1) is 0 Å². The first-order valence-corrected chi connectivity index (χ1v) is 6.36. The molecule has 2 heterocycles. The minimum absolute atomic E-state index is 0.212. The highest BCUT2D eigenvalue weighted by Gasteiger charge is 2.31. The molecule has 2 aliphatic rings. The third kappa shape index (κ3) is 1.79. The number of nitrogens with zero attached hydrogens (tertiary/aromatic N) is 2. The molecule has 1 amide bonds. The zero-order valence-electron chi connectivity index (χ0n) is 10.2. The van der Waals surface area contributed by atoms with E-state index in [-0.39, 0.29) is 5.91 Å². The molecule has 0 N–H and O–H groups in total. The van der Waals surface area contributed by atoms with E-state index < -0.39 is 0 Å². The van der Waals surface area contributed by atoms with Crippen molar-refractivity contribution >= 4 is 11.6 Å². The van der Waals surface area contributed by atoms with Crippen LogP contribution in [0.25, 0.3) is 0 Å². The number of carbonyl (C=O) groups excluding carboxylic acids is 1. The van der Waals surface area contributed by atoms with Gasteiger partial charge in [0.1, 0.15) is 0 Å². The summed E-state index contributed by atoms with van der Waals surface area (Å²) in [5.41, 5.74) is 2.84. The van der Waals surface area contributed by atoms with Gasteiger partial charge in [0, 0.05) is 38.3 Å². The van der Waals surface area contributed by atoms with Crippen LogP contribution in [0.15, 0.2) is 24.3 Å². The Balaban J connectivity index is 1.85. The van der Waals surface area contributed by atoms with Gasteiger partial charge in [0.05, 0.1) is 0 Å². The highest BCUT2D eigenvalue weighted by molar-refractivity contribution is 5.74. The van der Waals surface area contributed by atoms with E-state index >= 15 is 0 Å². The van der Waals surface area contributed by atoms with E-state index in [0.29, 0.717) is 6.04 Å². The molecule has 1 aromatic rings. The Kier molecular flexibility index (Phi) is 2.54. The van der Waals surface area contributed by atoms with Crippen molar-refractivity contribution in [2.75, 3.05) is 24.5 Å². The number of piperazine rings is 1. The van der Waals surface area contributed by atoms with E-state index in [1.54, 1.807) is 6.92 Å². The van der Waals surface area contributed by atoms with Crippen molar-refractivity contribution in [1.29, 1.82) is 0 Å². The second kappa shape index (κ2) is 4.06. The first-order chi connectivity index (χ1) is 8.25. The molecule has 0 aliphatic carbocycles. The molecular weight excluding hydrogens is 212 g/mol. The van der Waals surface area contributed by atoms with Crippen molar-refractivity contribution in [3.63, 3.8) is 0 Å². The maximum atomic E-state index is 11.4. The Morgan fingerprint density at radius 3 is 2.94 bits per heavy atom. The lowest BCUT2D eigenvalue weighted by atomic mass is 9.94. The summed E-state index contributed by atoms with van der Waals surface area (Å²) in [5.74, 6) is 0.212. The monoisotopic (exact) mass is 230 g/mol. The maximum absolute atomic E-state index is 11.4. The van der Waals surface area contributed by atoms with Crippen LogP contribution >= 0.6 is 0 Å². The van der Waals surface area contributed by atoms with Crippen LogP contribution in [-0.4, -0.2) is 36.5 Å². The van der Waals surface area contributed by atoms with Gasteiger partial charge < -0.3 is 9.80 Å². The molecular formula is C14H18N2O. The minimum atomic E-state index is 0.212. The van der Waals surface area contributed by atoms with Crippen LogP contribution in [0, 0.1) is 0 Å². The maximum Gasteiger partial charge on any atom is 0.219 e. The molecule has 3 rings (SSSR count). The number of aryl methyl sites for hydroxylation is 1.